The van der Waals surface area contributed by atoms with Crippen molar-refractivity contribution >= 4 is 0 Å². The van der Waals surface area contributed by atoms with Crippen LogP contribution in [-0.4, -0.2) is 30.6 Å². The van der Waals surface area contributed by atoms with Crippen molar-refractivity contribution in [1.29, 1.82) is 5.26 Å². The maximum atomic E-state index is 13.9. The third kappa shape index (κ3) is 3.76. The predicted molar refractivity (Wildman–Crippen MR) is 73.1 cm³/mol. The van der Waals surface area contributed by atoms with Crippen LogP contribution < -0.4 is 5.32 Å². The highest BCUT2D eigenvalue weighted by molar-refractivity contribution is 5.34. The molecule has 1 saturated heterocycles. The highest BCUT2D eigenvalue weighted by Crippen LogP contribution is 2.12. The molecule has 0 saturated carbocycles. The van der Waals surface area contributed by atoms with Gasteiger partial charge in [0.05, 0.1) is 5.56 Å². The van der Waals surface area contributed by atoms with Gasteiger partial charge in [-0.15, -0.1) is 0 Å². The molecule has 4 heteroatoms. The number of rotatable bonds is 5. The molecule has 1 heterocycles. The van der Waals surface area contributed by atoms with Crippen molar-refractivity contribution in [1.82, 2.24) is 10.2 Å². The number of hydrogen-bond acceptors (Lipinski definition) is 3. The normalized spacial score (nSPS) is 17.3. The molecule has 0 aliphatic carbocycles. The van der Waals surface area contributed by atoms with Crippen LogP contribution in [0.2, 0.25) is 0 Å². The Kier molecular flexibility index (Phi) is 4.89. The largest absolute Gasteiger partial charge is 0.309 e. The summed E-state index contributed by atoms with van der Waals surface area (Å²) in [6.45, 7) is 5.93. The minimum absolute atomic E-state index is 0.117. The zero-order valence-electron chi connectivity index (χ0n) is 11.3. The monoisotopic (exact) mass is 261 g/mol. The summed E-state index contributed by atoms with van der Waals surface area (Å²) in [5.74, 6) is -0.397. The van der Waals surface area contributed by atoms with Gasteiger partial charge in [0.15, 0.2) is 0 Å². The molecule has 1 aromatic carbocycles. The van der Waals surface area contributed by atoms with Crippen LogP contribution in [0.1, 0.15) is 30.9 Å². The molecule has 0 amide bonds. The number of likely N-dealkylation sites (tertiary alicyclic amines) is 1. The lowest BCUT2D eigenvalue weighted by Gasteiger charge is -2.21. The second-order valence-electron chi connectivity index (χ2n) is 5.18. The van der Waals surface area contributed by atoms with Gasteiger partial charge >= 0.3 is 0 Å². The fraction of sp³-hybridized carbons (Fsp3) is 0.533. The van der Waals surface area contributed by atoms with Crippen molar-refractivity contribution < 1.29 is 4.39 Å². The van der Waals surface area contributed by atoms with Crippen molar-refractivity contribution in [2.24, 2.45) is 0 Å². The molecule has 1 aliphatic rings. The highest BCUT2D eigenvalue weighted by Gasteiger charge is 2.15. The van der Waals surface area contributed by atoms with Gasteiger partial charge in [0.1, 0.15) is 11.9 Å². The van der Waals surface area contributed by atoms with Crippen LogP contribution >= 0.6 is 0 Å². The highest BCUT2D eigenvalue weighted by atomic mass is 19.1. The Morgan fingerprint density at radius 3 is 2.84 bits per heavy atom. The fourth-order valence-electron chi connectivity index (χ4n) is 2.50. The average Bonchev–Trinajstić information content (AvgIpc) is 2.90. The maximum Gasteiger partial charge on any atom is 0.145 e. The number of nitrogens with one attached hydrogen (secondary N) is 1. The van der Waals surface area contributed by atoms with Gasteiger partial charge in [0, 0.05) is 24.7 Å². The summed E-state index contributed by atoms with van der Waals surface area (Å²) in [6.07, 6.45) is 2.57. The van der Waals surface area contributed by atoms with Gasteiger partial charge in [-0.05, 0) is 38.9 Å². The van der Waals surface area contributed by atoms with Gasteiger partial charge in [-0.3, -0.25) is 0 Å². The van der Waals surface area contributed by atoms with Crippen LogP contribution in [0.5, 0.6) is 0 Å². The molecule has 0 spiro atoms. The van der Waals surface area contributed by atoms with E-state index >= 15 is 0 Å². The van der Waals surface area contributed by atoms with Crippen molar-refractivity contribution in [3.05, 3.63) is 35.1 Å². The van der Waals surface area contributed by atoms with E-state index in [2.05, 4.69) is 17.1 Å². The topological polar surface area (TPSA) is 39.1 Å². The predicted octanol–water partition coefficient (Wildman–Crippen LogP) is 2.27. The number of benzene rings is 1. The van der Waals surface area contributed by atoms with E-state index in [1.807, 2.05) is 6.07 Å². The van der Waals surface area contributed by atoms with Crippen LogP contribution in [-0.2, 0) is 6.54 Å². The minimum atomic E-state index is -0.397. The third-order valence-corrected chi connectivity index (χ3v) is 3.57. The lowest BCUT2D eigenvalue weighted by atomic mass is 10.1. The van der Waals surface area contributed by atoms with Gasteiger partial charge in [0.25, 0.3) is 0 Å². The molecule has 1 aliphatic heterocycles. The number of hydrogen-bond donors (Lipinski definition) is 1. The van der Waals surface area contributed by atoms with Gasteiger partial charge < -0.3 is 10.2 Å². The molecule has 1 fully saturated rings. The minimum Gasteiger partial charge on any atom is -0.309 e. The first-order valence-electron chi connectivity index (χ1n) is 6.84. The van der Waals surface area contributed by atoms with Crippen LogP contribution in [0.25, 0.3) is 0 Å². The molecule has 1 atom stereocenters. The van der Waals surface area contributed by atoms with Crippen LogP contribution in [0.3, 0.4) is 0 Å². The SMILES string of the molecule is CC(CN1CCCC1)NCc1cccc(C#N)c1F. The molecule has 1 aromatic rings. The molecule has 1 unspecified atom stereocenters. The molecular weight excluding hydrogens is 241 g/mol. The Balaban J connectivity index is 1.86. The van der Waals surface area contributed by atoms with Crippen LogP contribution in [0.15, 0.2) is 18.2 Å². The summed E-state index contributed by atoms with van der Waals surface area (Å²) in [7, 11) is 0. The summed E-state index contributed by atoms with van der Waals surface area (Å²) in [4.78, 5) is 2.43. The summed E-state index contributed by atoms with van der Waals surface area (Å²) < 4.78 is 13.9. The summed E-state index contributed by atoms with van der Waals surface area (Å²) >= 11 is 0. The van der Waals surface area contributed by atoms with Crippen LogP contribution in [0.4, 0.5) is 4.39 Å². The molecule has 0 radical (unpaired) electrons. The Morgan fingerprint density at radius 1 is 1.42 bits per heavy atom. The second kappa shape index (κ2) is 6.65. The first-order valence-corrected chi connectivity index (χ1v) is 6.84. The zero-order valence-corrected chi connectivity index (χ0v) is 11.3. The molecule has 3 nitrogen and oxygen atoms in total. The average molecular weight is 261 g/mol. The van der Waals surface area contributed by atoms with Crippen molar-refractivity contribution in [3.63, 3.8) is 0 Å². The molecule has 0 aromatic heterocycles. The van der Waals surface area contributed by atoms with E-state index in [-0.39, 0.29) is 5.56 Å². The van der Waals surface area contributed by atoms with E-state index in [1.165, 1.54) is 32.0 Å². The van der Waals surface area contributed by atoms with E-state index in [9.17, 15) is 4.39 Å². The first kappa shape index (κ1) is 14.0. The van der Waals surface area contributed by atoms with Gasteiger partial charge in [-0.2, -0.15) is 5.26 Å². The quantitative estimate of drug-likeness (QED) is 0.883. The smallest absolute Gasteiger partial charge is 0.145 e. The third-order valence-electron chi connectivity index (χ3n) is 3.57. The van der Waals surface area contributed by atoms with E-state index in [4.69, 9.17) is 5.26 Å². The Labute approximate surface area is 114 Å². The summed E-state index contributed by atoms with van der Waals surface area (Å²) in [6, 6.07) is 7.15. The maximum absolute atomic E-state index is 13.9. The Bertz CT molecular complexity index is 461. The number of nitrogens with zero attached hydrogens (tertiary/aromatic N) is 2. The van der Waals surface area contributed by atoms with Crippen molar-refractivity contribution in [2.45, 2.75) is 32.4 Å². The van der Waals surface area contributed by atoms with E-state index in [1.54, 1.807) is 12.1 Å². The van der Waals surface area contributed by atoms with Crippen molar-refractivity contribution in [2.75, 3.05) is 19.6 Å². The van der Waals surface area contributed by atoms with E-state index in [0.29, 0.717) is 18.2 Å². The van der Waals surface area contributed by atoms with E-state index < -0.39 is 5.82 Å². The lowest BCUT2D eigenvalue weighted by molar-refractivity contribution is 0.297. The number of nitriles is 1. The lowest BCUT2D eigenvalue weighted by Crippen LogP contribution is -2.37. The van der Waals surface area contributed by atoms with Gasteiger partial charge in [-0.25, -0.2) is 4.39 Å². The second-order valence-corrected chi connectivity index (χ2v) is 5.18. The molecule has 0 bridgehead atoms. The first-order chi connectivity index (χ1) is 9.20. The molecule has 19 heavy (non-hydrogen) atoms. The van der Waals surface area contributed by atoms with Crippen molar-refractivity contribution in [3.8, 4) is 6.07 Å². The number of halogens is 1. The Morgan fingerprint density at radius 2 is 2.16 bits per heavy atom. The molecule has 1 N–H and O–H groups in total. The van der Waals surface area contributed by atoms with E-state index in [0.717, 1.165) is 6.54 Å². The van der Waals surface area contributed by atoms with Gasteiger partial charge in [-0.1, -0.05) is 12.1 Å². The van der Waals surface area contributed by atoms with Gasteiger partial charge in [0.2, 0.25) is 0 Å². The Hall–Kier alpha value is -1.44. The fourth-order valence-corrected chi connectivity index (χ4v) is 2.50. The molecule has 102 valence electrons. The van der Waals surface area contributed by atoms with Crippen LogP contribution in [0, 0.1) is 17.1 Å². The standard InChI is InChI=1S/C15H20FN3/c1-12(11-19-7-2-3-8-19)18-10-14-6-4-5-13(9-17)15(14)16/h4-6,12,18H,2-3,7-8,10-11H2,1H3. The summed E-state index contributed by atoms with van der Waals surface area (Å²) in [5, 5.41) is 12.1. The molecular formula is C15H20FN3. The summed E-state index contributed by atoms with van der Waals surface area (Å²) in [5.41, 5.74) is 0.679. The zero-order chi connectivity index (χ0) is 13.7. The molecule has 2 rings (SSSR count).